The van der Waals surface area contributed by atoms with Crippen molar-refractivity contribution in [3.63, 3.8) is 0 Å². The topological polar surface area (TPSA) is 16.3 Å². The second kappa shape index (κ2) is 27.3. The molecule has 0 bridgehead atoms. The van der Waals surface area contributed by atoms with Gasteiger partial charge in [0.25, 0.3) is 0 Å². The minimum Gasteiger partial charge on any atom is -0.311 e. The number of para-hydroxylation sites is 4. The zero-order valence-corrected chi connectivity index (χ0v) is 64.0. The normalized spacial score (nSPS) is 12.9. The van der Waals surface area contributed by atoms with Crippen molar-refractivity contribution in [3.8, 4) is 78.1 Å². The maximum atomic E-state index is 2.46. The van der Waals surface area contributed by atoms with Crippen molar-refractivity contribution in [2.45, 2.75) is 38.5 Å². The molecule has 0 fully saturated rings. The molecule has 4 heteroatoms. The van der Waals surface area contributed by atoms with Gasteiger partial charge < -0.3 is 18.9 Å². The highest BCUT2D eigenvalue weighted by Gasteiger charge is 2.38. The van der Waals surface area contributed by atoms with Crippen molar-refractivity contribution in [2.24, 2.45) is 0 Å². The summed E-state index contributed by atoms with van der Waals surface area (Å²) in [6.07, 6.45) is 0. The van der Waals surface area contributed by atoms with Crippen molar-refractivity contribution in [3.05, 3.63) is 435 Å². The number of anilines is 6. The van der Waals surface area contributed by atoms with E-state index in [2.05, 4.69) is 459 Å². The van der Waals surface area contributed by atoms with Crippen LogP contribution in [0, 0.1) is 0 Å². The number of fused-ring (bicyclic) bond motifs is 14. The maximum Gasteiger partial charge on any atom is 0.0544 e. The molecule has 0 atom stereocenters. The Balaban J connectivity index is 0.000000143. The molecule has 114 heavy (non-hydrogen) atoms. The van der Waals surface area contributed by atoms with Crippen LogP contribution in [0.15, 0.2) is 413 Å². The molecule has 0 saturated carbocycles. The number of hydrogen-bond donors (Lipinski definition) is 0. The van der Waals surface area contributed by atoms with Gasteiger partial charge in [-0.25, -0.2) is 0 Å². The molecule has 2 heterocycles. The summed E-state index contributed by atoms with van der Waals surface area (Å²) in [5.41, 5.74) is 34.4. The highest BCUT2D eigenvalue weighted by Crippen LogP contribution is 2.54. The summed E-state index contributed by atoms with van der Waals surface area (Å²) in [6, 6.07) is 151. The van der Waals surface area contributed by atoms with Gasteiger partial charge in [-0.2, -0.15) is 0 Å². The Labute approximate surface area is 665 Å². The Morgan fingerprint density at radius 1 is 0.184 bits per heavy atom. The van der Waals surface area contributed by atoms with Crippen LogP contribution in [0.3, 0.4) is 0 Å². The zero-order chi connectivity index (χ0) is 76.2. The molecule has 2 aromatic heterocycles. The number of benzene rings is 18. The van der Waals surface area contributed by atoms with Crippen LogP contribution in [-0.4, -0.2) is 9.13 Å². The molecule has 0 spiro atoms. The van der Waals surface area contributed by atoms with Crippen molar-refractivity contribution in [1.82, 2.24) is 9.13 Å². The van der Waals surface area contributed by atoms with E-state index < -0.39 is 0 Å². The summed E-state index contributed by atoms with van der Waals surface area (Å²) >= 11 is 0. The second-order valence-corrected chi connectivity index (χ2v) is 31.6. The van der Waals surface area contributed by atoms with Crippen LogP contribution < -0.4 is 9.80 Å². The average Bonchev–Trinajstić information content (AvgIpc) is 1.55. The molecule has 18 aromatic carbocycles. The first-order valence-corrected chi connectivity index (χ1v) is 39.7. The summed E-state index contributed by atoms with van der Waals surface area (Å²) in [4.78, 5) is 4.68. The molecular formula is C110H80N4. The predicted octanol–water partition coefficient (Wildman–Crippen LogP) is 30.1. The minimum absolute atomic E-state index is 0.0620. The van der Waals surface area contributed by atoms with Crippen molar-refractivity contribution < 1.29 is 0 Å². The fourth-order valence-electron chi connectivity index (χ4n) is 18.5. The van der Waals surface area contributed by atoms with Gasteiger partial charge in [0.15, 0.2) is 0 Å². The van der Waals surface area contributed by atoms with Gasteiger partial charge in [0.1, 0.15) is 0 Å². The van der Waals surface area contributed by atoms with Crippen LogP contribution in [0.2, 0.25) is 0 Å². The third kappa shape index (κ3) is 11.5. The number of aromatic nitrogens is 2. The molecule has 4 nitrogen and oxygen atoms in total. The minimum atomic E-state index is -0.0715. The molecule has 2 aliphatic carbocycles. The van der Waals surface area contributed by atoms with Gasteiger partial charge in [0, 0.05) is 77.9 Å². The molecule has 0 aliphatic heterocycles. The molecular weight excluding hydrogens is 1380 g/mol. The summed E-state index contributed by atoms with van der Waals surface area (Å²) in [5.74, 6) is 0. The third-order valence-electron chi connectivity index (χ3n) is 24.3. The van der Waals surface area contributed by atoms with E-state index in [9.17, 15) is 0 Å². The van der Waals surface area contributed by atoms with Gasteiger partial charge in [0.2, 0.25) is 0 Å². The van der Waals surface area contributed by atoms with E-state index in [0.29, 0.717) is 0 Å². The highest BCUT2D eigenvalue weighted by molar-refractivity contribution is 6.13. The van der Waals surface area contributed by atoms with E-state index in [0.717, 1.165) is 45.5 Å². The van der Waals surface area contributed by atoms with E-state index >= 15 is 0 Å². The number of rotatable bonds is 12. The predicted molar refractivity (Wildman–Crippen MR) is 483 cm³/mol. The number of nitrogens with zero attached hydrogens (tertiary/aromatic N) is 4. The standard InChI is InChI=1S/2C55H40N2/c1-55(2)51-21-10-8-19-47(51)49-35-50-48-20-9-11-22-53(48)57(54(50)36-52(49)55)46-18-12-15-41(34-46)38-25-29-44(30-26-38)56(43-16-4-3-5-17-43)45-31-27-39(28-32-45)42-24-23-37-13-6-7-14-40(37)33-42;1-55(2)51-21-10-8-19-47(51)49-35-50-48-20-9-11-22-53(48)57(54(50)36-52(49)55)45-31-27-39(28-32-45)38-25-29-44(30-26-38)56(43-16-4-3-5-17-43)46-18-12-15-41(34-46)42-24-23-37-13-6-7-14-40(37)33-42/h2*3-36H,1-2H3. The van der Waals surface area contributed by atoms with Gasteiger partial charge in [-0.3, -0.25) is 0 Å². The Bertz CT molecular complexity index is 7120. The average molecular weight is 1460 g/mol. The molecule has 0 saturated heterocycles. The molecule has 20 aromatic rings. The van der Waals surface area contributed by atoms with Crippen molar-refractivity contribution in [2.75, 3.05) is 9.80 Å². The van der Waals surface area contributed by atoms with Crippen LogP contribution >= 0.6 is 0 Å². The quantitative estimate of drug-likeness (QED) is 0.121. The Morgan fingerprint density at radius 2 is 0.526 bits per heavy atom. The van der Waals surface area contributed by atoms with Crippen LogP contribution in [0.4, 0.5) is 34.1 Å². The molecule has 2 aliphatic rings. The largest absolute Gasteiger partial charge is 0.311 e. The van der Waals surface area contributed by atoms with E-state index in [1.54, 1.807) is 0 Å². The third-order valence-corrected chi connectivity index (χ3v) is 24.3. The number of hydrogen-bond acceptors (Lipinski definition) is 2. The van der Waals surface area contributed by atoms with Gasteiger partial charge in [-0.15, -0.1) is 0 Å². The van der Waals surface area contributed by atoms with E-state index in [1.165, 1.54) is 154 Å². The molecule has 22 rings (SSSR count). The molecule has 0 radical (unpaired) electrons. The first-order chi connectivity index (χ1) is 56.0. The first-order valence-electron chi connectivity index (χ1n) is 39.7. The Morgan fingerprint density at radius 3 is 1.02 bits per heavy atom. The van der Waals surface area contributed by atoms with Crippen LogP contribution in [0.25, 0.3) is 143 Å². The van der Waals surface area contributed by atoms with Crippen LogP contribution in [0.5, 0.6) is 0 Å². The van der Waals surface area contributed by atoms with Crippen LogP contribution in [0.1, 0.15) is 49.9 Å². The van der Waals surface area contributed by atoms with E-state index in [4.69, 9.17) is 0 Å². The SMILES string of the molecule is CC1(C)c2ccccc2-c2cc3c4ccccc4n(-c4ccc(-c5ccc(N(c6ccccc6)c6cccc(-c7ccc8ccccc8c7)c6)cc5)cc4)c3cc21.CC1(C)c2ccccc2-c2cc3c4ccccc4n(-c4cccc(-c5ccc(N(c6ccccc6)c6ccc(-c7ccc8ccccc8c7)cc6)cc5)c4)c3cc21. The van der Waals surface area contributed by atoms with Crippen molar-refractivity contribution in [1.29, 1.82) is 0 Å². The summed E-state index contributed by atoms with van der Waals surface area (Å²) in [6.45, 7) is 9.44. The van der Waals surface area contributed by atoms with Gasteiger partial charge in [-0.05, 0) is 256 Å². The summed E-state index contributed by atoms with van der Waals surface area (Å²) in [7, 11) is 0. The Kier molecular flexibility index (Phi) is 16.2. The van der Waals surface area contributed by atoms with Gasteiger partial charge >= 0.3 is 0 Å². The van der Waals surface area contributed by atoms with Gasteiger partial charge in [0.05, 0.1) is 22.1 Å². The van der Waals surface area contributed by atoms with Crippen molar-refractivity contribution >= 4 is 99.3 Å². The van der Waals surface area contributed by atoms with Crippen LogP contribution in [-0.2, 0) is 10.8 Å². The fraction of sp³-hybridized carbons (Fsp3) is 0.0545. The Hall–Kier alpha value is -14.3. The summed E-state index contributed by atoms with van der Waals surface area (Å²) in [5, 5.41) is 10.2. The molecule has 540 valence electrons. The van der Waals surface area contributed by atoms with E-state index in [-0.39, 0.29) is 10.8 Å². The lowest BCUT2D eigenvalue weighted by molar-refractivity contribution is 0.661. The highest BCUT2D eigenvalue weighted by atomic mass is 15.1. The maximum absolute atomic E-state index is 2.46. The lowest BCUT2D eigenvalue weighted by Gasteiger charge is -2.26. The van der Waals surface area contributed by atoms with Gasteiger partial charge in [-0.1, -0.05) is 295 Å². The molecule has 0 unspecified atom stereocenters. The summed E-state index contributed by atoms with van der Waals surface area (Å²) < 4.78 is 4.90. The van der Waals surface area contributed by atoms with E-state index in [1.807, 2.05) is 0 Å². The first kappa shape index (κ1) is 67.8. The fourth-order valence-corrected chi connectivity index (χ4v) is 18.5. The molecule has 0 amide bonds. The monoisotopic (exact) mass is 1460 g/mol. The lowest BCUT2D eigenvalue weighted by Crippen LogP contribution is -2.14. The zero-order valence-electron chi connectivity index (χ0n) is 64.0. The second-order valence-electron chi connectivity index (χ2n) is 31.6. The smallest absolute Gasteiger partial charge is 0.0544 e. The lowest BCUT2D eigenvalue weighted by atomic mass is 9.82. The molecule has 0 N–H and O–H groups in total.